The highest BCUT2D eigenvalue weighted by Crippen LogP contribution is 2.20. The van der Waals surface area contributed by atoms with E-state index < -0.39 is 23.4 Å². The average Bonchev–Trinajstić information content (AvgIpc) is 2.31. The Labute approximate surface area is 75.2 Å². The van der Waals surface area contributed by atoms with Gasteiger partial charge in [0, 0.05) is 24.4 Å². The third-order valence-electron chi connectivity index (χ3n) is 1.31. The largest absolute Gasteiger partial charge is 0.755 e. The predicted octanol–water partition coefficient (Wildman–Crippen LogP) is 0.564. The molecule has 0 bridgehead atoms. The van der Waals surface area contributed by atoms with Crippen molar-refractivity contribution in [3.8, 4) is 0 Å². The number of hydrogen-bond donors (Lipinski definition) is 1. The first kappa shape index (κ1) is 10.1. The van der Waals surface area contributed by atoms with E-state index in [0.29, 0.717) is 0 Å². The lowest BCUT2D eigenvalue weighted by Crippen LogP contribution is -2.06. The zero-order valence-corrected chi connectivity index (χ0v) is 7.35. The van der Waals surface area contributed by atoms with Gasteiger partial charge in [0.25, 0.3) is 6.43 Å². The Bertz CT molecular complexity index is 328. The molecule has 5 nitrogen and oxygen atoms in total. The molecule has 0 amide bonds. The lowest BCUT2D eigenvalue weighted by molar-refractivity contribution is 0.145. The summed E-state index contributed by atoms with van der Waals surface area (Å²) in [5.41, 5.74) is -0.463. The van der Waals surface area contributed by atoms with Crippen LogP contribution in [0.3, 0.4) is 0 Å². The van der Waals surface area contributed by atoms with E-state index in [2.05, 4.69) is 5.10 Å². The zero-order valence-electron chi connectivity index (χ0n) is 6.53. The van der Waals surface area contributed by atoms with Gasteiger partial charge >= 0.3 is 0 Å². The van der Waals surface area contributed by atoms with Gasteiger partial charge in [-0.1, -0.05) is 0 Å². The Kier molecular flexibility index (Phi) is 2.94. The fraction of sp³-hybridized carbons (Fsp3) is 0.400. The quantitative estimate of drug-likeness (QED) is 0.741. The number of aromatic nitrogens is 2. The van der Waals surface area contributed by atoms with E-state index in [0.717, 1.165) is 10.7 Å². The minimum Gasteiger partial charge on any atom is -0.755 e. The van der Waals surface area contributed by atoms with Crippen LogP contribution in [0.15, 0.2) is 6.07 Å². The molecule has 0 saturated heterocycles. The van der Waals surface area contributed by atoms with Gasteiger partial charge in [-0.05, 0) is 0 Å². The van der Waals surface area contributed by atoms with Crippen molar-refractivity contribution in [2.45, 2.75) is 6.43 Å². The molecule has 1 aromatic heterocycles. The maximum absolute atomic E-state index is 12.0. The summed E-state index contributed by atoms with van der Waals surface area (Å²) in [6.07, 6.45) is -2.71. The Morgan fingerprint density at radius 2 is 2.38 bits per heavy atom. The molecule has 8 heteroatoms. The molecular formula is C5H6F2N3O2S-. The SMILES string of the molecule is Cn1nc(C(F)F)cc1NS(=O)[O-]. The molecule has 0 radical (unpaired) electrons. The minimum atomic E-state index is -2.71. The first-order valence-corrected chi connectivity index (χ1v) is 4.26. The summed E-state index contributed by atoms with van der Waals surface area (Å²) in [6, 6.07) is 0.973. The second-order valence-electron chi connectivity index (χ2n) is 2.22. The highest BCUT2D eigenvalue weighted by atomic mass is 32.2. The monoisotopic (exact) mass is 210 g/mol. The Balaban J connectivity index is 2.89. The van der Waals surface area contributed by atoms with E-state index in [-0.39, 0.29) is 5.82 Å². The van der Waals surface area contributed by atoms with Crippen LogP contribution in [0.5, 0.6) is 0 Å². The van der Waals surface area contributed by atoms with Crippen LogP contribution in [0.25, 0.3) is 0 Å². The number of anilines is 1. The second-order valence-corrected chi connectivity index (χ2v) is 2.89. The standard InChI is InChI=1S/C5H7F2N3O2S/c1-10-4(9-13(11)12)2-3(8-10)5(6)7/h2,5,9H,1H3,(H,11,12)/p-1. The molecule has 1 N–H and O–H groups in total. The van der Waals surface area contributed by atoms with Crippen LogP contribution in [0.2, 0.25) is 0 Å². The first-order valence-electron chi connectivity index (χ1n) is 3.18. The first-order chi connectivity index (χ1) is 6.00. The Hall–Kier alpha value is -1.02. The van der Waals surface area contributed by atoms with E-state index in [1.54, 1.807) is 0 Å². The van der Waals surface area contributed by atoms with Crippen molar-refractivity contribution < 1.29 is 17.5 Å². The van der Waals surface area contributed by atoms with Gasteiger partial charge in [-0.25, -0.2) is 8.78 Å². The summed E-state index contributed by atoms with van der Waals surface area (Å²) in [7, 11) is 1.36. The number of alkyl halides is 2. The normalized spacial score (nSPS) is 13.3. The average molecular weight is 210 g/mol. The lowest BCUT2D eigenvalue weighted by atomic mass is 10.4. The fourth-order valence-electron chi connectivity index (χ4n) is 0.777. The molecule has 0 aliphatic carbocycles. The molecule has 0 saturated carbocycles. The van der Waals surface area contributed by atoms with Crippen molar-refractivity contribution >= 4 is 17.1 Å². The highest BCUT2D eigenvalue weighted by molar-refractivity contribution is 7.80. The van der Waals surface area contributed by atoms with Crippen molar-refractivity contribution in [1.29, 1.82) is 0 Å². The lowest BCUT2D eigenvalue weighted by Gasteiger charge is -2.06. The van der Waals surface area contributed by atoms with Crippen molar-refractivity contribution in [3.63, 3.8) is 0 Å². The van der Waals surface area contributed by atoms with Crippen LogP contribution in [0.4, 0.5) is 14.6 Å². The molecule has 13 heavy (non-hydrogen) atoms. The summed E-state index contributed by atoms with van der Waals surface area (Å²) < 4.78 is 47.4. The maximum atomic E-state index is 12.0. The highest BCUT2D eigenvalue weighted by Gasteiger charge is 2.13. The van der Waals surface area contributed by atoms with Crippen LogP contribution in [-0.2, 0) is 18.3 Å². The van der Waals surface area contributed by atoms with E-state index in [9.17, 15) is 17.5 Å². The maximum Gasteiger partial charge on any atom is 0.282 e. The molecule has 0 fully saturated rings. The molecule has 74 valence electrons. The van der Waals surface area contributed by atoms with Gasteiger partial charge in [0.2, 0.25) is 0 Å². The van der Waals surface area contributed by atoms with Crippen LogP contribution in [-0.4, -0.2) is 18.5 Å². The van der Waals surface area contributed by atoms with Gasteiger partial charge < -0.3 is 9.27 Å². The predicted molar refractivity (Wildman–Crippen MR) is 40.7 cm³/mol. The molecular weight excluding hydrogens is 204 g/mol. The van der Waals surface area contributed by atoms with Crippen LogP contribution in [0, 0.1) is 0 Å². The van der Waals surface area contributed by atoms with E-state index in [4.69, 9.17) is 0 Å². The topological polar surface area (TPSA) is 70.0 Å². The van der Waals surface area contributed by atoms with Gasteiger partial charge in [0.05, 0.1) is 0 Å². The molecule has 0 aromatic carbocycles. The molecule has 1 rings (SSSR count). The van der Waals surface area contributed by atoms with Crippen molar-refractivity contribution in [3.05, 3.63) is 11.8 Å². The summed E-state index contributed by atoms with van der Waals surface area (Å²) in [5, 5.41) is 3.39. The molecule has 1 unspecified atom stereocenters. The van der Waals surface area contributed by atoms with E-state index >= 15 is 0 Å². The van der Waals surface area contributed by atoms with Crippen molar-refractivity contribution in [2.75, 3.05) is 4.72 Å². The van der Waals surface area contributed by atoms with Gasteiger partial charge in [-0.15, -0.1) is 0 Å². The van der Waals surface area contributed by atoms with Crippen molar-refractivity contribution in [2.24, 2.45) is 7.05 Å². The van der Waals surface area contributed by atoms with E-state index in [1.165, 1.54) is 7.05 Å². The molecule has 1 atom stereocenters. The summed E-state index contributed by atoms with van der Waals surface area (Å²) in [6.45, 7) is 0. The zero-order chi connectivity index (χ0) is 10.0. The number of nitrogens with one attached hydrogen (secondary N) is 1. The van der Waals surface area contributed by atoms with Gasteiger partial charge in [-0.2, -0.15) is 5.10 Å². The third kappa shape index (κ3) is 2.46. The number of nitrogens with zero attached hydrogens (tertiary/aromatic N) is 2. The Morgan fingerprint density at radius 3 is 2.77 bits per heavy atom. The smallest absolute Gasteiger partial charge is 0.282 e. The van der Waals surface area contributed by atoms with Crippen LogP contribution >= 0.6 is 0 Å². The van der Waals surface area contributed by atoms with E-state index in [1.807, 2.05) is 4.72 Å². The summed E-state index contributed by atoms with van der Waals surface area (Å²) in [4.78, 5) is 0. The molecule has 0 spiro atoms. The number of halogens is 2. The summed E-state index contributed by atoms with van der Waals surface area (Å²) in [5.74, 6) is 0.00336. The second kappa shape index (κ2) is 3.79. The molecule has 0 aliphatic heterocycles. The molecule has 1 heterocycles. The Morgan fingerprint density at radius 1 is 1.77 bits per heavy atom. The molecule has 1 aromatic rings. The van der Waals surface area contributed by atoms with Crippen LogP contribution < -0.4 is 4.72 Å². The number of rotatable bonds is 3. The number of hydrogen-bond acceptors (Lipinski definition) is 3. The van der Waals surface area contributed by atoms with Gasteiger partial charge in [0.15, 0.2) is 0 Å². The number of aryl methyl sites for hydroxylation is 1. The third-order valence-corrected chi connectivity index (χ3v) is 1.69. The van der Waals surface area contributed by atoms with Gasteiger partial charge in [-0.3, -0.25) is 8.89 Å². The van der Waals surface area contributed by atoms with Crippen LogP contribution in [0.1, 0.15) is 12.1 Å². The van der Waals surface area contributed by atoms with Gasteiger partial charge in [0.1, 0.15) is 11.5 Å². The minimum absolute atomic E-state index is 0.00336. The molecule has 0 aliphatic rings. The fourth-order valence-corrected chi connectivity index (χ4v) is 1.14. The summed E-state index contributed by atoms with van der Waals surface area (Å²) >= 11 is -2.53. The van der Waals surface area contributed by atoms with Crippen molar-refractivity contribution in [1.82, 2.24) is 9.78 Å².